The molecule has 0 aliphatic heterocycles. The fourth-order valence-electron chi connectivity index (χ4n) is 4.87. The molecule has 196 valence electrons. The molecule has 0 N–H and O–H groups in total. The summed E-state index contributed by atoms with van der Waals surface area (Å²) in [7, 11) is -2.72. The summed E-state index contributed by atoms with van der Waals surface area (Å²) in [5, 5.41) is 3.91. The molecule has 4 aromatic carbocycles. The third kappa shape index (κ3) is 4.88. The van der Waals surface area contributed by atoms with Gasteiger partial charge in [-0.25, -0.2) is 4.74 Å². The SMILES string of the molecule is CCn1c2ccccc2c2cc([P@](=Nc3ccc(C)c(Cl)c3)(Oc3ccc(Br)cc3Br)C(C)(C)C)ccc21. The number of rotatable bonds is 5. The van der Waals surface area contributed by atoms with Gasteiger partial charge in [0.25, 0.3) is 0 Å². The Kier molecular flexibility index (Phi) is 7.61. The highest BCUT2D eigenvalue weighted by Crippen LogP contribution is 2.63. The predicted octanol–water partition coefficient (Wildman–Crippen LogP) is 11.3. The van der Waals surface area contributed by atoms with E-state index in [1.807, 2.05) is 43.3 Å². The van der Waals surface area contributed by atoms with Crippen molar-refractivity contribution in [1.82, 2.24) is 4.57 Å². The lowest BCUT2D eigenvalue weighted by Gasteiger charge is -2.37. The van der Waals surface area contributed by atoms with Gasteiger partial charge < -0.3 is 9.09 Å². The molecular formula is C31H30Br2ClN2OP. The van der Waals surface area contributed by atoms with E-state index in [0.29, 0.717) is 5.02 Å². The first kappa shape index (κ1) is 27.5. The highest BCUT2D eigenvalue weighted by molar-refractivity contribution is 9.11. The summed E-state index contributed by atoms with van der Waals surface area (Å²) in [5.74, 6) is 0.759. The third-order valence-corrected chi connectivity index (χ3v) is 12.2. The van der Waals surface area contributed by atoms with Crippen LogP contribution in [0.3, 0.4) is 0 Å². The molecule has 7 heteroatoms. The molecule has 0 aliphatic rings. The van der Waals surface area contributed by atoms with Gasteiger partial charge in [-0.3, -0.25) is 0 Å². The van der Waals surface area contributed by atoms with Crippen molar-refractivity contribution < 1.29 is 4.52 Å². The molecule has 0 amide bonds. The summed E-state index contributed by atoms with van der Waals surface area (Å²) < 4.78 is 16.8. The van der Waals surface area contributed by atoms with Gasteiger partial charge in [0.2, 0.25) is 0 Å². The zero-order chi connectivity index (χ0) is 27.2. The molecule has 1 heterocycles. The first-order valence-electron chi connectivity index (χ1n) is 12.6. The van der Waals surface area contributed by atoms with E-state index in [1.54, 1.807) is 0 Å². The summed E-state index contributed by atoms with van der Waals surface area (Å²) >= 11 is 13.9. The molecule has 0 saturated heterocycles. The van der Waals surface area contributed by atoms with Gasteiger partial charge in [0.15, 0.2) is 7.28 Å². The molecule has 0 aliphatic carbocycles. The fourth-order valence-corrected chi connectivity index (χ4v) is 9.39. The second kappa shape index (κ2) is 10.5. The van der Waals surface area contributed by atoms with E-state index in [9.17, 15) is 0 Å². The first-order valence-corrected chi connectivity index (χ1v) is 16.2. The van der Waals surface area contributed by atoms with Crippen LogP contribution in [0.5, 0.6) is 5.75 Å². The van der Waals surface area contributed by atoms with E-state index in [2.05, 4.69) is 107 Å². The van der Waals surface area contributed by atoms with Crippen LogP contribution in [0.4, 0.5) is 5.69 Å². The number of aromatic nitrogens is 1. The van der Waals surface area contributed by atoms with Gasteiger partial charge in [-0.15, -0.1) is 0 Å². The number of para-hydroxylation sites is 1. The highest BCUT2D eigenvalue weighted by atomic mass is 79.9. The Hall–Kier alpha value is -2.04. The molecule has 1 aromatic heterocycles. The Balaban J connectivity index is 1.86. The number of benzene rings is 4. The molecule has 0 spiro atoms. The van der Waals surface area contributed by atoms with Crippen molar-refractivity contribution in [3.63, 3.8) is 0 Å². The second-order valence-corrected chi connectivity index (χ2v) is 16.0. The maximum absolute atomic E-state index is 7.13. The molecule has 1 atom stereocenters. The number of aryl methyl sites for hydroxylation is 2. The van der Waals surface area contributed by atoms with Gasteiger partial charge in [-0.2, -0.15) is 0 Å². The molecule has 5 rings (SSSR count). The van der Waals surface area contributed by atoms with Crippen LogP contribution in [0.1, 0.15) is 33.3 Å². The maximum atomic E-state index is 7.13. The lowest BCUT2D eigenvalue weighted by atomic mass is 10.1. The number of hydrogen-bond donors (Lipinski definition) is 0. The van der Waals surface area contributed by atoms with Crippen LogP contribution in [-0.2, 0) is 6.54 Å². The van der Waals surface area contributed by atoms with Crippen molar-refractivity contribution in [2.45, 2.75) is 46.3 Å². The van der Waals surface area contributed by atoms with Crippen LogP contribution in [0, 0.1) is 6.92 Å². The van der Waals surface area contributed by atoms with Gasteiger partial charge in [-0.1, -0.05) is 72.6 Å². The minimum atomic E-state index is -2.72. The lowest BCUT2D eigenvalue weighted by molar-refractivity contribution is 0.568. The molecule has 38 heavy (non-hydrogen) atoms. The minimum Gasteiger partial charge on any atom is -0.454 e. The Bertz CT molecular complexity index is 1740. The van der Waals surface area contributed by atoms with Crippen LogP contribution < -0.4 is 9.83 Å². The largest absolute Gasteiger partial charge is 0.454 e. The number of nitrogens with zero attached hydrogens (tertiary/aromatic N) is 2. The Morgan fingerprint density at radius 2 is 1.63 bits per heavy atom. The predicted molar refractivity (Wildman–Crippen MR) is 172 cm³/mol. The summed E-state index contributed by atoms with van der Waals surface area (Å²) in [4.78, 5) is 0. The Labute approximate surface area is 246 Å². The zero-order valence-corrected chi connectivity index (χ0v) is 26.9. The van der Waals surface area contributed by atoms with Crippen LogP contribution in [0.2, 0.25) is 5.02 Å². The van der Waals surface area contributed by atoms with E-state index < -0.39 is 7.28 Å². The van der Waals surface area contributed by atoms with Crippen molar-refractivity contribution in [3.05, 3.63) is 98.4 Å². The van der Waals surface area contributed by atoms with E-state index in [0.717, 1.165) is 37.8 Å². The van der Waals surface area contributed by atoms with Crippen molar-refractivity contribution in [3.8, 4) is 5.75 Å². The molecule has 0 bridgehead atoms. The van der Waals surface area contributed by atoms with E-state index >= 15 is 0 Å². The number of halogens is 3. The quantitative estimate of drug-likeness (QED) is 0.171. The first-order chi connectivity index (χ1) is 18.0. The minimum absolute atomic E-state index is 0.326. The molecular weight excluding hydrogens is 643 g/mol. The maximum Gasteiger partial charge on any atom is 0.173 e. The number of fused-ring (bicyclic) bond motifs is 3. The van der Waals surface area contributed by atoms with Crippen LogP contribution in [0.25, 0.3) is 21.8 Å². The Morgan fingerprint density at radius 1 is 0.895 bits per heavy atom. The molecule has 0 radical (unpaired) electrons. The lowest BCUT2D eigenvalue weighted by Crippen LogP contribution is -2.27. The van der Waals surface area contributed by atoms with E-state index in [1.165, 1.54) is 21.8 Å². The van der Waals surface area contributed by atoms with Gasteiger partial charge in [0.05, 0.1) is 10.2 Å². The summed E-state index contributed by atoms with van der Waals surface area (Å²) in [6, 6.07) is 27.3. The topological polar surface area (TPSA) is 26.5 Å². The average molecular weight is 673 g/mol. The summed E-state index contributed by atoms with van der Waals surface area (Å²) in [5.41, 5.74) is 4.29. The highest BCUT2D eigenvalue weighted by Gasteiger charge is 2.39. The molecule has 0 fully saturated rings. The van der Waals surface area contributed by atoms with Crippen molar-refractivity contribution >= 4 is 83.5 Å². The molecule has 0 unspecified atom stereocenters. The monoisotopic (exact) mass is 670 g/mol. The van der Waals surface area contributed by atoms with Gasteiger partial charge in [0.1, 0.15) is 5.75 Å². The fraction of sp³-hybridized carbons (Fsp3) is 0.226. The van der Waals surface area contributed by atoms with Gasteiger partial charge >= 0.3 is 0 Å². The van der Waals surface area contributed by atoms with Crippen LogP contribution in [-0.4, -0.2) is 9.72 Å². The molecule has 3 nitrogen and oxygen atoms in total. The summed E-state index contributed by atoms with van der Waals surface area (Å²) in [6.45, 7) is 11.7. The normalized spacial score (nSPS) is 13.6. The van der Waals surface area contributed by atoms with Crippen molar-refractivity contribution in [2.75, 3.05) is 0 Å². The average Bonchev–Trinajstić information content (AvgIpc) is 3.19. The summed E-state index contributed by atoms with van der Waals surface area (Å²) in [6.07, 6.45) is 0. The van der Waals surface area contributed by atoms with Crippen molar-refractivity contribution in [1.29, 1.82) is 0 Å². The van der Waals surface area contributed by atoms with Gasteiger partial charge in [-0.05, 0) is 89.9 Å². The van der Waals surface area contributed by atoms with Crippen LogP contribution in [0.15, 0.2) is 92.6 Å². The standard InChI is InChI=1S/C31H30Br2ClN2OP/c1-6-36-28-10-8-7-9-24(28)25-19-23(14-15-29(25)36)38(31(3,4)5,35-22-13-11-20(2)27(34)18-22)37-30-16-12-21(32)17-26(30)33/h7-19H,6H2,1-5H3/t38-/m0/s1. The van der Waals surface area contributed by atoms with E-state index in [4.69, 9.17) is 20.9 Å². The number of hydrogen-bond acceptors (Lipinski definition) is 2. The van der Waals surface area contributed by atoms with Crippen LogP contribution >= 0.6 is 50.7 Å². The zero-order valence-electron chi connectivity index (χ0n) is 22.1. The molecule has 5 aromatic rings. The van der Waals surface area contributed by atoms with E-state index in [-0.39, 0.29) is 5.16 Å². The smallest absolute Gasteiger partial charge is 0.173 e. The third-order valence-electron chi connectivity index (χ3n) is 6.87. The van der Waals surface area contributed by atoms with Gasteiger partial charge in [0, 0.05) is 48.3 Å². The Morgan fingerprint density at radius 3 is 2.32 bits per heavy atom. The second-order valence-electron chi connectivity index (χ2n) is 10.4. The molecule has 0 saturated carbocycles. The van der Waals surface area contributed by atoms with Crippen molar-refractivity contribution in [2.24, 2.45) is 4.74 Å².